The maximum Gasteiger partial charge on any atom is 0.317 e. The fourth-order valence-corrected chi connectivity index (χ4v) is 3.30. The number of rotatable bonds is 2. The standard InChI is InChI=1S/C8H16N2O3S/c1-3-9-8(11)10(2)7-4-5-14(12,13)6-7/h7H,3-6H2,1-2H3,(H,9,11). The summed E-state index contributed by atoms with van der Waals surface area (Å²) in [7, 11) is -1.28. The number of amides is 2. The SMILES string of the molecule is CCNC(=O)N(C)C1CCS(=O)(=O)C1. The van der Waals surface area contributed by atoms with Crippen molar-refractivity contribution in [2.45, 2.75) is 19.4 Å². The molecule has 1 saturated heterocycles. The molecule has 0 aliphatic carbocycles. The Morgan fingerprint density at radius 1 is 1.57 bits per heavy atom. The van der Waals surface area contributed by atoms with Crippen molar-refractivity contribution in [1.29, 1.82) is 0 Å². The lowest BCUT2D eigenvalue weighted by molar-refractivity contribution is 0.196. The summed E-state index contributed by atoms with van der Waals surface area (Å²) in [5.74, 6) is 0.294. The third kappa shape index (κ3) is 2.60. The van der Waals surface area contributed by atoms with Crippen LogP contribution in [-0.4, -0.2) is 50.5 Å². The van der Waals surface area contributed by atoms with E-state index in [-0.39, 0.29) is 23.6 Å². The zero-order valence-corrected chi connectivity index (χ0v) is 9.30. The van der Waals surface area contributed by atoms with Gasteiger partial charge < -0.3 is 10.2 Å². The van der Waals surface area contributed by atoms with Gasteiger partial charge in [-0.25, -0.2) is 13.2 Å². The van der Waals surface area contributed by atoms with Crippen molar-refractivity contribution in [3.8, 4) is 0 Å². The molecule has 1 atom stereocenters. The third-order valence-electron chi connectivity index (χ3n) is 2.40. The zero-order chi connectivity index (χ0) is 10.8. The molecule has 1 heterocycles. The van der Waals surface area contributed by atoms with Gasteiger partial charge in [0.05, 0.1) is 11.5 Å². The first-order valence-corrected chi connectivity index (χ1v) is 6.49. The van der Waals surface area contributed by atoms with Gasteiger partial charge in [0.2, 0.25) is 0 Å². The highest BCUT2D eigenvalue weighted by molar-refractivity contribution is 7.91. The van der Waals surface area contributed by atoms with Crippen molar-refractivity contribution in [3.63, 3.8) is 0 Å². The Hall–Kier alpha value is -0.780. The normalized spacial score (nSPS) is 24.6. The van der Waals surface area contributed by atoms with Gasteiger partial charge in [-0.05, 0) is 13.3 Å². The first-order chi connectivity index (χ1) is 6.46. The minimum atomic E-state index is -2.91. The lowest BCUT2D eigenvalue weighted by Crippen LogP contribution is -2.44. The highest BCUT2D eigenvalue weighted by Gasteiger charge is 2.32. The first kappa shape index (κ1) is 11.3. The summed E-state index contributed by atoms with van der Waals surface area (Å²) in [4.78, 5) is 12.8. The number of urea groups is 1. The van der Waals surface area contributed by atoms with Gasteiger partial charge >= 0.3 is 6.03 Å². The van der Waals surface area contributed by atoms with Gasteiger partial charge in [0.1, 0.15) is 0 Å². The smallest absolute Gasteiger partial charge is 0.317 e. The molecule has 1 unspecified atom stereocenters. The van der Waals surface area contributed by atoms with Gasteiger partial charge in [-0.15, -0.1) is 0 Å². The van der Waals surface area contributed by atoms with E-state index >= 15 is 0 Å². The molecule has 1 aliphatic heterocycles. The van der Waals surface area contributed by atoms with E-state index in [1.165, 1.54) is 4.90 Å². The van der Waals surface area contributed by atoms with Gasteiger partial charge in [0.25, 0.3) is 0 Å². The molecular formula is C8H16N2O3S. The second-order valence-electron chi connectivity index (χ2n) is 3.50. The van der Waals surface area contributed by atoms with Crippen LogP contribution in [0.1, 0.15) is 13.3 Å². The molecular weight excluding hydrogens is 204 g/mol. The largest absolute Gasteiger partial charge is 0.338 e. The molecule has 1 aliphatic rings. The summed E-state index contributed by atoms with van der Waals surface area (Å²) in [6, 6.07) is -0.360. The van der Waals surface area contributed by atoms with Gasteiger partial charge in [-0.3, -0.25) is 0 Å². The fourth-order valence-electron chi connectivity index (χ4n) is 1.52. The zero-order valence-electron chi connectivity index (χ0n) is 8.49. The third-order valence-corrected chi connectivity index (χ3v) is 4.15. The van der Waals surface area contributed by atoms with Crippen LogP contribution in [0, 0.1) is 0 Å². The molecule has 0 bridgehead atoms. The molecule has 1 rings (SSSR count). The van der Waals surface area contributed by atoms with E-state index in [0.717, 1.165) is 0 Å². The van der Waals surface area contributed by atoms with Gasteiger partial charge in [0, 0.05) is 19.6 Å². The molecule has 0 aromatic carbocycles. The minimum Gasteiger partial charge on any atom is -0.338 e. The monoisotopic (exact) mass is 220 g/mol. The average Bonchev–Trinajstić information content (AvgIpc) is 2.45. The summed E-state index contributed by atoms with van der Waals surface area (Å²) < 4.78 is 22.3. The molecule has 0 saturated carbocycles. The average molecular weight is 220 g/mol. The van der Waals surface area contributed by atoms with Crippen LogP contribution in [0.25, 0.3) is 0 Å². The summed E-state index contributed by atoms with van der Waals surface area (Å²) in [5, 5.41) is 2.64. The Bertz CT molecular complexity index is 313. The molecule has 1 N–H and O–H groups in total. The second-order valence-corrected chi connectivity index (χ2v) is 5.73. The van der Waals surface area contributed by atoms with Crippen LogP contribution in [0.3, 0.4) is 0 Å². The van der Waals surface area contributed by atoms with Crippen LogP contribution in [0.5, 0.6) is 0 Å². The molecule has 6 heteroatoms. The molecule has 5 nitrogen and oxygen atoms in total. The first-order valence-electron chi connectivity index (χ1n) is 4.67. The lowest BCUT2D eigenvalue weighted by atomic mass is 10.2. The lowest BCUT2D eigenvalue weighted by Gasteiger charge is -2.23. The van der Waals surface area contributed by atoms with Crippen LogP contribution >= 0.6 is 0 Å². The van der Waals surface area contributed by atoms with Crippen molar-refractivity contribution in [2.75, 3.05) is 25.1 Å². The number of sulfone groups is 1. The predicted octanol–water partition coefficient (Wildman–Crippen LogP) is -0.165. The van der Waals surface area contributed by atoms with E-state index in [0.29, 0.717) is 13.0 Å². The molecule has 0 aromatic rings. The molecule has 82 valence electrons. The Labute approximate surface area is 84.4 Å². The van der Waals surface area contributed by atoms with Crippen molar-refractivity contribution >= 4 is 15.9 Å². The van der Waals surface area contributed by atoms with Gasteiger partial charge in [0.15, 0.2) is 9.84 Å². The molecule has 2 amide bonds. The summed E-state index contributed by atoms with van der Waals surface area (Å²) in [6.45, 7) is 2.39. The molecule has 0 radical (unpaired) electrons. The van der Waals surface area contributed by atoms with E-state index in [1.807, 2.05) is 6.92 Å². The topological polar surface area (TPSA) is 66.5 Å². The highest BCUT2D eigenvalue weighted by atomic mass is 32.2. The molecule has 1 fully saturated rings. The van der Waals surface area contributed by atoms with Crippen LogP contribution < -0.4 is 5.32 Å². The Morgan fingerprint density at radius 3 is 2.64 bits per heavy atom. The Kier molecular flexibility index (Phi) is 3.36. The van der Waals surface area contributed by atoms with Gasteiger partial charge in [-0.1, -0.05) is 0 Å². The van der Waals surface area contributed by atoms with Crippen LogP contribution in [0.4, 0.5) is 4.79 Å². The number of nitrogens with zero attached hydrogens (tertiary/aromatic N) is 1. The highest BCUT2D eigenvalue weighted by Crippen LogP contribution is 2.16. The van der Waals surface area contributed by atoms with E-state index < -0.39 is 9.84 Å². The van der Waals surface area contributed by atoms with E-state index in [1.54, 1.807) is 7.05 Å². The quantitative estimate of drug-likeness (QED) is 0.703. The predicted molar refractivity (Wildman–Crippen MR) is 53.9 cm³/mol. The molecule has 0 spiro atoms. The second kappa shape index (κ2) is 4.16. The Balaban J connectivity index is 2.55. The van der Waals surface area contributed by atoms with Crippen molar-refractivity contribution < 1.29 is 13.2 Å². The summed E-state index contributed by atoms with van der Waals surface area (Å²) in [5.41, 5.74) is 0. The number of carbonyl (C=O) groups excluding carboxylic acids is 1. The molecule has 14 heavy (non-hydrogen) atoms. The Morgan fingerprint density at radius 2 is 2.21 bits per heavy atom. The van der Waals surface area contributed by atoms with Crippen molar-refractivity contribution in [1.82, 2.24) is 10.2 Å². The maximum absolute atomic E-state index is 11.4. The summed E-state index contributed by atoms with van der Waals surface area (Å²) in [6.07, 6.45) is 0.552. The van der Waals surface area contributed by atoms with Crippen molar-refractivity contribution in [2.24, 2.45) is 0 Å². The van der Waals surface area contributed by atoms with Gasteiger partial charge in [-0.2, -0.15) is 0 Å². The fraction of sp³-hybridized carbons (Fsp3) is 0.875. The number of hydrogen-bond donors (Lipinski definition) is 1. The maximum atomic E-state index is 11.4. The van der Waals surface area contributed by atoms with E-state index in [9.17, 15) is 13.2 Å². The number of nitrogens with one attached hydrogen (secondary N) is 1. The summed E-state index contributed by atoms with van der Waals surface area (Å²) >= 11 is 0. The number of hydrogen-bond acceptors (Lipinski definition) is 3. The minimum absolute atomic E-state index is 0.0979. The van der Waals surface area contributed by atoms with Crippen LogP contribution in [-0.2, 0) is 9.84 Å². The van der Waals surface area contributed by atoms with Crippen LogP contribution in [0.2, 0.25) is 0 Å². The van der Waals surface area contributed by atoms with E-state index in [4.69, 9.17) is 0 Å². The number of carbonyl (C=O) groups is 1. The van der Waals surface area contributed by atoms with Crippen molar-refractivity contribution in [3.05, 3.63) is 0 Å². The molecule has 0 aromatic heterocycles. The van der Waals surface area contributed by atoms with Crippen LogP contribution in [0.15, 0.2) is 0 Å². The van der Waals surface area contributed by atoms with E-state index in [2.05, 4.69) is 5.32 Å².